The minimum absolute atomic E-state index is 0.191. The standard InChI is InChI=1S/C15H21N3O/c1-17(11-13-10-16-18(2)12-13)15(8-9-19)14-6-4-3-5-7-14/h3-7,10,12,15,19H,8-9,11H2,1-2H3. The van der Waals surface area contributed by atoms with Crippen LogP contribution in [-0.4, -0.2) is 33.4 Å². The summed E-state index contributed by atoms with van der Waals surface area (Å²) in [6.45, 7) is 1.02. The normalized spacial score (nSPS) is 12.8. The summed E-state index contributed by atoms with van der Waals surface area (Å²) in [6, 6.07) is 10.5. The molecule has 1 atom stereocenters. The van der Waals surface area contributed by atoms with Gasteiger partial charge in [0.05, 0.1) is 6.20 Å². The summed E-state index contributed by atoms with van der Waals surface area (Å²) in [7, 11) is 4.01. The number of nitrogens with zero attached hydrogens (tertiary/aromatic N) is 3. The van der Waals surface area contributed by atoms with Crippen LogP contribution in [0.4, 0.5) is 0 Å². The van der Waals surface area contributed by atoms with E-state index in [1.807, 2.05) is 42.3 Å². The van der Waals surface area contributed by atoms with Crippen LogP contribution in [0, 0.1) is 0 Å². The molecule has 0 amide bonds. The Morgan fingerprint density at radius 2 is 2.05 bits per heavy atom. The van der Waals surface area contributed by atoms with Crippen molar-refractivity contribution in [2.24, 2.45) is 7.05 Å². The van der Waals surface area contributed by atoms with Gasteiger partial charge in [0, 0.05) is 38.0 Å². The van der Waals surface area contributed by atoms with Gasteiger partial charge in [-0.05, 0) is 19.0 Å². The summed E-state index contributed by atoms with van der Waals surface area (Å²) in [5.41, 5.74) is 2.42. The first-order chi connectivity index (χ1) is 9.20. The highest BCUT2D eigenvalue weighted by atomic mass is 16.3. The highest BCUT2D eigenvalue weighted by molar-refractivity contribution is 5.19. The molecule has 102 valence electrons. The van der Waals surface area contributed by atoms with E-state index in [-0.39, 0.29) is 12.6 Å². The van der Waals surface area contributed by atoms with Gasteiger partial charge in [-0.1, -0.05) is 30.3 Å². The van der Waals surface area contributed by atoms with Gasteiger partial charge in [-0.25, -0.2) is 0 Å². The highest BCUT2D eigenvalue weighted by Gasteiger charge is 2.16. The zero-order chi connectivity index (χ0) is 13.7. The maximum absolute atomic E-state index is 9.27. The Bertz CT molecular complexity index is 495. The first-order valence-electron chi connectivity index (χ1n) is 6.54. The number of benzene rings is 1. The van der Waals surface area contributed by atoms with Crippen molar-refractivity contribution in [3.63, 3.8) is 0 Å². The minimum Gasteiger partial charge on any atom is -0.396 e. The summed E-state index contributed by atoms with van der Waals surface area (Å²) in [4.78, 5) is 2.25. The van der Waals surface area contributed by atoms with Crippen molar-refractivity contribution in [2.75, 3.05) is 13.7 Å². The van der Waals surface area contributed by atoms with Gasteiger partial charge in [0.25, 0.3) is 0 Å². The van der Waals surface area contributed by atoms with E-state index in [4.69, 9.17) is 0 Å². The first-order valence-corrected chi connectivity index (χ1v) is 6.54. The topological polar surface area (TPSA) is 41.3 Å². The second-order valence-electron chi connectivity index (χ2n) is 4.88. The third-order valence-electron chi connectivity index (χ3n) is 3.31. The number of hydrogen-bond donors (Lipinski definition) is 1. The Kier molecular flexibility index (Phi) is 4.71. The Labute approximate surface area is 114 Å². The molecule has 0 spiro atoms. The molecule has 19 heavy (non-hydrogen) atoms. The molecule has 2 rings (SSSR count). The van der Waals surface area contributed by atoms with Crippen LogP contribution >= 0.6 is 0 Å². The second kappa shape index (κ2) is 6.50. The number of hydrogen-bond acceptors (Lipinski definition) is 3. The molecular formula is C15H21N3O. The largest absolute Gasteiger partial charge is 0.396 e. The van der Waals surface area contributed by atoms with Crippen LogP contribution in [0.1, 0.15) is 23.6 Å². The molecule has 4 nitrogen and oxygen atoms in total. The van der Waals surface area contributed by atoms with Crippen molar-refractivity contribution in [3.8, 4) is 0 Å². The molecule has 1 heterocycles. The van der Waals surface area contributed by atoms with E-state index in [9.17, 15) is 5.11 Å². The summed E-state index contributed by atoms with van der Waals surface area (Å²) in [5, 5.41) is 13.5. The minimum atomic E-state index is 0.191. The Morgan fingerprint density at radius 3 is 2.63 bits per heavy atom. The fourth-order valence-corrected chi connectivity index (χ4v) is 2.39. The van der Waals surface area contributed by atoms with Crippen molar-refractivity contribution in [1.29, 1.82) is 0 Å². The van der Waals surface area contributed by atoms with Crippen LogP contribution in [0.2, 0.25) is 0 Å². The molecule has 1 N–H and O–H groups in total. The zero-order valence-electron chi connectivity index (χ0n) is 11.5. The van der Waals surface area contributed by atoms with E-state index in [0.29, 0.717) is 0 Å². The quantitative estimate of drug-likeness (QED) is 0.862. The lowest BCUT2D eigenvalue weighted by Crippen LogP contribution is -2.25. The SMILES string of the molecule is CN(Cc1cnn(C)c1)C(CCO)c1ccccc1. The van der Waals surface area contributed by atoms with E-state index >= 15 is 0 Å². The zero-order valence-corrected chi connectivity index (χ0v) is 11.5. The maximum Gasteiger partial charge on any atom is 0.0534 e. The van der Waals surface area contributed by atoms with Gasteiger partial charge in [-0.2, -0.15) is 5.10 Å². The van der Waals surface area contributed by atoms with E-state index in [0.717, 1.165) is 13.0 Å². The molecule has 1 aromatic heterocycles. The van der Waals surface area contributed by atoms with E-state index in [1.165, 1.54) is 11.1 Å². The lowest BCUT2D eigenvalue weighted by Gasteiger charge is -2.27. The lowest BCUT2D eigenvalue weighted by molar-refractivity contribution is 0.180. The van der Waals surface area contributed by atoms with Crippen LogP contribution < -0.4 is 0 Å². The molecule has 0 radical (unpaired) electrons. The Morgan fingerprint density at radius 1 is 1.32 bits per heavy atom. The van der Waals surface area contributed by atoms with Crippen LogP contribution in [0.25, 0.3) is 0 Å². The van der Waals surface area contributed by atoms with Gasteiger partial charge in [0.1, 0.15) is 0 Å². The summed E-state index contributed by atoms with van der Waals surface area (Å²) in [6.07, 6.45) is 4.65. The predicted octanol–water partition coefficient (Wildman–Crippen LogP) is 1.98. The number of aliphatic hydroxyl groups excluding tert-OH is 1. The molecule has 4 heteroatoms. The van der Waals surface area contributed by atoms with Crippen molar-refractivity contribution >= 4 is 0 Å². The number of aromatic nitrogens is 2. The predicted molar refractivity (Wildman–Crippen MR) is 75.6 cm³/mol. The number of rotatable bonds is 6. The van der Waals surface area contributed by atoms with Crippen molar-refractivity contribution in [1.82, 2.24) is 14.7 Å². The Hall–Kier alpha value is -1.65. The lowest BCUT2D eigenvalue weighted by atomic mass is 10.0. The molecule has 0 fully saturated rings. The van der Waals surface area contributed by atoms with Crippen LogP contribution in [0.15, 0.2) is 42.7 Å². The van der Waals surface area contributed by atoms with Gasteiger partial charge in [0.15, 0.2) is 0 Å². The van der Waals surface area contributed by atoms with E-state index in [2.05, 4.69) is 29.2 Å². The molecule has 1 aromatic carbocycles. The van der Waals surface area contributed by atoms with Gasteiger partial charge in [-0.3, -0.25) is 9.58 Å². The average Bonchev–Trinajstić information content (AvgIpc) is 2.82. The number of aryl methyl sites for hydroxylation is 1. The second-order valence-corrected chi connectivity index (χ2v) is 4.88. The molecule has 2 aromatic rings. The van der Waals surface area contributed by atoms with Crippen molar-refractivity contribution in [3.05, 3.63) is 53.9 Å². The third kappa shape index (κ3) is 3.66. The highest BCUT2D eigenvalue weighted by Crippen LogP contribution is 2.24. The number of aliphatic hydroxyl groups is 1. The van der Waals surface area contributed by atoms with Gasteiger partial charge >= 0.3 is 0 Å². The molecule has 1 unspecified atom stereocenters. The van der Waals surface area contributed by atoms with Crippen LogP contribution in [0.3, 0.4) is 0 Å². The summed E-state index contributed by atoms with van der Waals surface area (Å²) in [5.74, 6) is 0. The fourth-order valence-electron chi connectivity index (χ4n) is 2.39. The van der Waals surface area contributed by atoms with Gasteiger partial charge in [0.2, 0.25) is 0 Å². The first kappa shape index (κ1) is 13.8. The van der Waals surface area contributed by atoms with Crippen LogP contribution in [0.5, 0.6) is 0 Å². The molecular weight excluding hydrogens is 238 g/mol. The van der Waals surface area contributed by atoms with E-state index < -0.39 is 0 Å². The molecule has 0 aliphatic heterocycles. The molecule has 0 aliphatic carbocycles. The van der Waals surface area contributed by atoms with Crippen molar-refractivity contribution in [2.45, 2.75) is 19.0 Å². The third-order valence-corrected chi connectivity index (χ3v) is 3.31. The maximum atomic E-state index is 9.27. The smallest absolute Gasteiger partial charge is 0.0534 e. The Balaban J connectivity index is 2.10. The molecule has 0 bridgehead atoms. The summed E-state index contributed by atoms with van der Waals surface area (Å²) >= 11 is 0. The van der Waals surface area contributed by atoms with Gasteiger partial charge < -0.3 is 5.11 Å². The molecule has 0 saturated heterocycles. The molecule has 0 aliphatic rings. The molecule has 0 saturated carbocycles. The monoisotopic (exact) mass is 259 g/mol. The van der Waals surface area contributed by atoms with Gasteiger partial charge in [-0.15, -0.1) is 0 Å². The van der Waals surface area contributed by atoms with Crippen molar-refractivity contribution < 1.29 is 5.11 Å². The fraction of sp³-hybridized carbons (Fsp3) is 0.400. The summed E-state index contributed by atoms with van der Waals surface area (Å²) < 4.78 is 1.81. The van der Waals surface area contributed by atoms with Crippen LogP contribution in [-0.2, 0) is 13.6 Å². The average molecular weight is 259 g/mol. The van der Waals surface area contributed by atoms with E-state index in [1.54, 1.807) is 0 Å².